The summed E-state index contributed by atoms with van der Waals surface area (Å²) >= 11 is 0. The molecule has 0 saturated carbocycles. The minimum atomic E-state index is 0.00334. The van der Waals surface area contributed by atoms with Gasteiger partial charge in [-0.1, -0.05) is 19.1 Å². The van der Waals surface area contributed by atoms with Crippen molar-refractivity contribution >= 4 is 16.9 Å². The highest BCUT2D eigenvalue weighted by Crippen LogP contribution is 2.25. The van der Waals surface area contributed by atoms with E-state index < -0.39 is 0 Å². The van der Waals surface area contributed by atoms with Crippen molar-refractivity contribution in [2.75, 3.05) is 19.6 Å². The number of para-hydroxylation sites is 2. The van der Waals surface area contributed by atoms with E-state index in [0.717, 1.165) is 42.1 Å². The smallest absolute Gasteiger partial charge is 0.240 e. The van der Waals surface area contributed by atoms with Gasteiger partial charge in [0.25, 0.3) is 0 Å². The van der Waals surface area contributed by atoms with Crippen molar-refractivity contribution in [3.8, 4) is 0 Å². The minimum Gasteiger partial charge on any atom is -0.468 e. The number of carbonyl (C=O) groups is 1. The Morgan fingerprint density at radius 1 is 1.22 bits per heavy atom. The van der Waals surface area contributed by atoms with Crippen LogP contribution in [0.2, 0.25) is 0 Å². The fraction of sp³-hybridized carbons (Fsp3) is 0.429. The highest BCUT2D eigenvalue weighted by Gasteiger charge is 2.26. The Labute approximate surface area is 159 Å². The van der Waals surface area contributed by atoms with Crippen LogP contribution in [0.4, 0.5) is 0 Å². The van der Waals surface area contributed by atoms with Crippen molar-refractivity contribution in [3.63, 3.8) is 0 Å². The van der Waals surface area contributed by atoms with Crippen LogP contribution in [0.25, 0.3) is 11.0 Å². The van der Waals surface area contributed by atoms with E-state index in [1.165, 1.54) is 12.8 Å². The Balaban J connectivity index is 1.46. The third kappa shape index (κ3) is 3.76. The average molecular weight is 366 g/mol. The normalized spacial score (nSPS) is 16.0. The van der Waals surface area contributed by atoms with Gasteiger partial charge in [0.05, 0.1) is 23.3 Å². The van der Waals surface area contributed by atoms with Crippen LogP contribution in [0.5, 0.6) is 0 Å². The first-order valence-corrected chi connectivity index (χ1v) is 9.74. The number of benzene rings is 1. The molecule has 3 heterocycles. The molecule has 1 aromatic carbocycles. The molecule has 3 aromatic rings. The number of aromatic nitrogens is 2. The first kappa shape index (κ1) is 17.8. The Kier molecular flexibility index (Phi) is 5.25. The van der Waals surface area contributed by atoms with Crippen LogP contribution in [0.3, 0.4) is 0 Å². The number of likely N-dealkylation sites (tertiary alicyclic amines) is 1. The van der Waals surface area contributed by atoms with Crippen molar-refractivity contribution in [1.82, 2.24) is 19.8 Å². The van der Waals surface area contributed by atoms with E-state index in [1.807, 2.05) is 41.0 Å². The lowest BCUT2D eigenvalue weighted by molar-refractivity contribution is -0.121. The number of aryl methyl sites for hydroxylation is 1. The first-order valence-electron chi connectivity index (χ1n) is 9.74. The first-order chi connectivity index (χ1) is 13.3. The SMILES string of the molecule is CCc1nc2ccccc2n1CC(=O)NC[C@@H](c1ccco1)N1CCCC1. The molecule has 1 aliphatic heterocycles. The number of hydrogen-bond donors (Lipinski definition) is 1. The molecular weight excluding hydrogens is 340 g/mol. The third-order valence-corrected chi connectivity index (χ3v) is 5.30. The zero-order valence-electron chi connectivity index (χ0n) is 15.7. The second kappa shape index (κ2) is 7.96. The predicted molar refractivity (Wildman–Crippen MR) is 104 cm³/mol. The minimum absolute atomic E-state index is 0.00334. The summed E-state index contributed by atoms with van der Waals surface area (Å²) in [6, 6.07) is 12.0. The van der Waals surface area contributed by atoms with Crippen molar-refractivity contribution < 1.29 is 9.21 Å². The van der Waals surface area contributed by atoms with E-state index in [1.54, 1.807) is 6.26 Å². The Bertz CT molecular complexity index is 894. The lowest BCUT2D eigenvalue weighted by Gasteiger charge is -2.26. The van der Waals surface area contributed by atoms with E-state index in [2.05, 4.69) is 22.1 Å². The molecular formula is C21H26N4O2. The summed E-state index contributed by atoms with van der Waals surface area (Å²) in [6.07, 6.45) is 4.90. The van der Waals surface area contributed by atoms with Gasteiger partial charge in [-0.25, -0.2) is 4.98 Å². The van der Waals surface area contributed by atoms with E-state index in [4.69, 9.17) is 4.42 Å². The number of rotatable bonds is 7. The summed E-state index contributed by atoms with van der Waals surface area (Å²) in [7, 11) is 0. The van der Waals surface area contributed by atoms with E-state index in [-0.39, 0.29) is 18.5 Å². The monoisotopic (exact) mass is 366 g/mol. The Morgan fingerprint density at radius 3 is 2.78 bits per heavy atom. The summed E-state index contributed by atoms with van der Waals surface area (Å²) < 4.78 is 7.65. The lowest BCUT2D eigenvalue weighted by atomic mass is 10.2. The van der Waals surface area contributed by atoms with Crippen molar-refractivity contribution in [3.05, 3.63) is 54.2 Å². The molecule has 0 bridgehead atoms. The van der Waals surface area contributed by atoms with Crippen LogP contribution in [-0.2, 0) is 17.8 Å². The number of carbonyl (C=O) groups excluding carboxylic acids is 1. The van der Waals surface area contributed by atoms with Gasteiger partial charge in [-0.2, -0.15) is 0 Å². The van der Waals surface area contributed by atoms with Gasteiger partial charge in [0.2, 0.25) is 5.91 Å². The maximum atomic E-state index is 12.7. The van der Waals surface area contributed by atoms with E-state index in [0.29, 0.717) is 6.54 Å². The molecule has 27 heavy (non-hydrogen) atoms. The van der Waals surface area contributed by atoms with Gasteiger partial charge in [-0.05, 0) is 50.2 Å². The molecule has 1 aliphatic rings. The molecule has 0 spiro atoms. The van der Waals surface area contributed by atoms with Gasteiger partial charge in [0.15, 0.2) is 0 Å². The molecule has 142 valence electrons. The van der Waals surface area contributed by atoms with Crippen LogP contribution in [0, 0.1) is 0 Å². The maximum absolute atomic E-state index is 12.7. The number of amides is 1. The molecule has 1 atom stereocenters. The molecule has 2 aromatic heterocycles. The summed E-state index contributed by atoms with van der Waals surface area (Å²) in [5.74, 6) is 1.86. The number of hydrogen-bond acceptors (Lipinski definition) is 4. The van der Waals surface area contributed by atoms with Gasteiger partial charge >= 0.3 is 0 Å². The lowest BCUT2D eigenvalue weighted by Crippen LogP contribution is -2.38. The topological polar surface area (TPSA) is 63.3 Å². The Morgan fingerprint density at radius 2 is 2.04 bits per heavy atom. The number of fused-ring (bicyclic) bond motifs is 1. The van der Waals surface area contributed by atoms with Crippen LogP contribution in [0.1, 0.15) is 37.4 Å². The molecule has 1 fully saturated rings. The van der Waals surface area contributed by atoms with Gasteiger partial charge in [0.1, 0.15) is 18.1 Å². The molecule has 6 heteroatoms. The van der Waals surface area contributed by atoms with Crippen molar-refractivity contribution in [2.24, 2.45) is 0 Å². The number of furan rings is 1. The summed E-state index contributed by atoms with van der Waals surface area (Å²) in [5.41, 5.74) is 1.94. The van der Waals surface area contributed by atoms with Crippen LogP contribution < -0.4 is 5.32 Å². The fourth-order valence-corrected chi connectivity index (χ4v) is 3.93. The van der Waals surface area contributed by atoms with Gasteiger partial charge < -0.3 is 14.3 Å². The highest BCUT2D eigenvalue weighted by molar-refractivity contribution is 5.81. The second-order valence-electron chi connectivity index (χ2n) is 7.03. The largest absolute Gasteiger partial charge is 0.468 e. The zero-order chi connectivity index (χ0) is 18.6. The van der Waals surface area contributed by atoms with Gasteiger partial charge in [-0.3, -0.25) is 9.69 Å². The highest BCUT2D eigenvalue weighted by atomic mass is 16.3. The predicted octanol–water partition coefficient (Wildman–Crippen LogP) is 3.15. The van der Waals surface area contributed by atoms with Crippen LogP contribution >= 0.6 is 0 Å². The van der Waals surface area contributed by atoms with E-state index >= 15 is 0 Å². The summed E-state index contributed by atoms with van der Waals surface area (Å²) in [4.78, 5) is 19.7. The van der Waals surface area contributed by atoms with Crippen molar-refractivity contribution in [2.45, 2.75) is 38.8 Å². The van der Waals surface area contributed by atoms with Gasteiger partial charge in [-0.15, -0.1) is 0 Å². The van der Waals surface area contributed by atoms with Crippen LogP contribution in [-0.4, -0.2) is 40.0 Å². The van der Waals surface area contributed by atoms with E-state index in [9.17, 15) is 4.79 Å². The number of imidazole rings is 1. The molecule has 6 nitrogen and oxygen atoms in total. The molecule has 1 saturated heterocycles. The number of nitrogens with zero attached hydrogens (tertiary/aromatic N) is 3. The average Bonchev–Trinajstić information content (AvgIpc) is 3.44. The number of nitrogens with one attached hydrogen (secondary N) is 1. The van der Waals surface area contributed by atoms with Gasteiger partial charge in [0, 0.05) is 13.0 Å². The van der Waals surface area contributed by atoms with Crippen LogP contribution in [0.15, 0.2) is 47.1 Å². The standard InChI is InChI=1S/C21H26N4O2/c1-2-20-23-16-8-3-4-9-17(16)25(20)15-21(26)22-14-18(19-10-7-13-27-19)24-11-5-6-12-24/h3-4,7-10,13,18H,2,5-6,11-12,14-15H2,1H3,(H,22,26)/t18-/m0/s1. The fourth-order valence-electron chi connectivity index (χ4n) is 3.93. The maximum Gasteiger partial charge on any atom is 0.240 e. The third-order valence-electron chi connectivity index (χ3n) is 5.30. The molecule has 1 amide bonds. The quantitative estimate of drug-likeness (QED) is 0.698. The summed E-state index contributed by atoms with van der Waals surface area (Å²) in [6.45, 7) is 5.01. The van der Waals surface area contributed by atoms with Crippen molar-refractivity contribution in [1.29, 1.82) is 0 Å². The molecule has 0 radical (unpaired) electrons. The molecule has 0 aliphatic carbocycles. The molecule has 4 rings (SSSR count). The second-order valence-corrected chi connectivity index (χ2v) is 7.03. The summed E-state index contributed by atoms with van der Waals surface area (Å²) in [5, 5.41) is 3.11. The molecule has 0 unspecified atom stereocenters. The zero-order valence-corrected chi connectivity index (χ0v) is 15.7. The molecule has 1 N–H and O–H groups in total. The Hall–Kier alpha value is -2.60.